The van der Waals surface area contributed by atoms with Gasteiger partial charge in [-0.3, -0.25) is 9.48 Å². The summed E-state index contributed by atoms with van der Waals surface area (Å²) >= 11 is 0. The van der Waals surface area contributed by atoms with E-state index in [0.717, 1.165) is 5.69 Å². The van der Waals surface area contributed by atoms with Gasteiger partial charge in [0.15, 0.2) is 6.04 Å². The molecule has 1 aromatic heterocycles. The van der Waals surface area contributed by atoms with Crippen LogP contribution in [-0.2, 0) is 11.3 Å². The summed E-state index contributed by atoms with van der Waals surface area (Å²) in [5.41, 5.74) is 1.06. The summed E-state index contributed by atoms with van der Waals surface area (Å²) < 4.78 is 1.52. The standard InChI is InChI=1S/C13H21N3O4/c1-5-16-10(6-9(15-16)7(2)3)12(18)14-11(8(4)17)13(19)20/h6-8,11,17H,5H2,1-4H3,(H,14,18)(H,19,20)/t8-,11+/m1/s1. The lowest BCUT2D eigenvalue weighted by molar-refractivity contribution is -0.141. The fourth-order valence-corrected chi connectivity index (χ4v) is 1.75. The maximum absolute atomic E-state index is 12.1. The summed E-state index contributed by atoms with van der Waals surface area (Å²) in [7, 11) is 0. The van der Waals surface area contributed by atoms with Gasteiger partial charge in [0.1, 0.15) is 5.69 Å². The van der Waals surface area contributed by atoms with E-state index in [1.54, 1.807) is 6.07 Å². The first kappa shape index (κ1) is 16.2. The molecule has 0 aromatic carbocycles. The number of aryl methyl sites for hydroxylation is 1. The van der Waals surface area contributed by atoms with Crippen molar-refractivity contribution in [2.75, 3.05) is 0 Å². The van der Waals surface area contributed by atoms with E-state index < -0.39 is 24.0 Å². The van der Waals surface area contributed by atoms with E-state index in [0.29, 0.717) is 12.2 Å². The molecule has 0 saturated carbocycles. The molecule has 0 spiro atoms. The molecule has 0 fully saturated rings. The molecule has 0 aliphatic heterocycles. The second-order valence-electron chi connectivity index (χ2n) is 4.95. The van der Waals surface area contributed by atoms with Crippen LogP contribution in [0.3, 0.4) is 0 Å². The molecule has 1 amide bonds. The van der Waals surface area contributed by atoms with E-state index in [2.05, 4.69) is 10.4 Å². The highest BCUT2D eigenvalue weighted by Crippen LogP contribution is 2.14. The summed E-state index contributed by atoms with van der Waals surface area (Å²) in [6.45, 7) is 7.58. The molecule has 112 valence electrons. The number of hydrogen-bond acceptors (Lipinski definition) is 4. The Bertz CT molecular complexity index is 494. The van der Waals surface area contributed by atoms with Gasteiger partial charge in [-0.1, -0.05) is 13.8 Å². The van der Waals surface area contributed by atoms with Crippen LogP contribution in [0.25, 0.3) is 0 Å². The van der Waals surface area contributed by atoms with Crippen molar-refractivity contribution in [1.82, 2.24) is 15.1 Å². The third-order valence-electron chi connectivity index (χ3n) is 2.96. The van der Waals surface area contributed by atoms with E-state index in [-0.39, 0.29) is 5.92 Å². The maximum Gasteiger partial charge on any atom is 0.328 e. The van der Waals surface area contributed by atoms with E-state index >= 15 is 0 Å². The maximum atomic E-state index is 12.1. The molecule has 0 aliphatic rings. The van der Waals surface area contributed by atoms with Crippen molar-refractivity contribution >= 4 is 11.9 Å². The highest BCUT2D eigenvalue weighted by Gasteiger charge is 2.27. The minimum Gasteiger partial charge on any atom is -0.480 e. The van der Waals surface area contributed by atoms with Gasteiger partial charge in [0.25, 0.3) is 5.91 Å². The number of carbonyl (C=O) groups excluding carboxylic acids is 1. The van der Waals surface area contributed by atoms with Crippen LogP contribution in [0.4, 0.5) is 0 Å². The number of aliphatic hydroxyl groups excluding tert-OH is 1. The quantitative estimate of drug-likeness (QED) is 0.708. The molecule has 1 rings (SSSR count). The lowest BCUT2D eigenvalue weighted by Gasteiger charge is -2.17. The number of carboxylic acid groups (broad SMARTS) is 1. The van der Waals surface area contributed by atoms with Gasteiger partial charge in [0, 0.05) is 6.54 Å². The van der Waals surface area contributed by atoms with Crippen molar-refractivity contribution in [3.63, 3.8) is 0 Å². The third-order valence-corrected chi connectivity index (χ3v) is 2.96. The first-order valence-electron chi connectivity index (χ1n) is 6.57. The lowest BCUT2D eigenvalue weighted by atomic mass is 10.1. The van der Waals surface area contributed by atoms with Gasteiger partial charge < -0.3 is 15.5 Å². The Hall–Kier alpha value is -1.89. The van der Waals surface area contributed by atoms with Crippen molar-refractivity contribution in [2.45, 2.75) is 52.3 Å². The number of amides is 1. The molecule has 0 bridgehead atoms. The zero-order chi connectivity index (χ0) is 15.4. The molecule has 0 aliphatic carbocycles. The molecule has 1 heterocycles. The number of nitrogens with zero attached hydrogens (tertiary/aromatic N) is 2. The molecule has 1 aromatic rings. The predicted molar refractivity (Wildman–Crippen MR) is 72.6 cm³/mol. The molecule has 7 heteroatoms. The molecule has 0 radical (unpaired) electrons. The van der Waals surface area contributed by atoms with E-state index in [9.17, 15) is 14.7 Å². The Morgan fingerprint density at radius 3 is 2.40 bits per heavy atom. The summed E-state index contributed by atoms with van der Waals surface area (Å²) in [4.78, 5) is 23.1. The molecule has 3 N–H and O–H groups in total. The van der Waals surface area contributed by atoms with Crippen molar-refractivity contribution in [3.8, 4) is 0 Å². The van der Waals surface area contributed by atoms with Crippen molar-refractivity contribution in [2.24, 2.45) is 0 Å². The van der Waals surface area contributed by atoms with Crippen molar-refractivity contribution in [3.05, 3.63) is 17.5 Å². The van der Waals surface area contributed by atoms with E-state index in [4.69, 9.17) is 5.11 Å². The largest absolute Gasteiger partial charge is 0.480 e. The highest BCUT2D eigenvalue weighted by atomic mass is 16.4. The summed E-state index contributed by atoms with van der Waals surface area (Å²) in [6.07, 6.45) is -1.18. The Labute approximate surface area is 117 Å². The Kier molecular flexibility index (Phi) is 5.26. The number of aliphatic hydroxyl groups is 1. The van der Waals surface area contributed by atoms with Gasteiger partial charge >= 0.3 is 5.97 Å². The summed E-state index contributed by atoms with van der Waals surface area (Å²) in [5.74, 6) is -1.67. The van der Waals surface area contributed by atoms with Gasteiger partial charge in [0.05, 0.1) is 11.8 Å². The summed E-state index contributed by atoms with van der Waals surface area (Å²) in [6, 6.07) is 0.301. The van der Waals surface area contributed by atoms with Gasteiger partial charge in [-0.15, -0.1) is 0 Å². The first-order valence-corrected chi connectivity index (χ1v) is 6.57. The number of carbonyl (C=O) groups is 2. The molecular weight excluding hydrogens is 262 g/mol. The molecular formula is C13H21N3O4. The van der Waals surface area contributed by atoms with E-state index in [1.807, 2.05) is 20.8 Å². The number of hydrogen-bond donors (Lipinski definition) is 3. The molecule has 7 nitrogen and oxygen atoms in total. The predicted octanol–water partition coefficient (Wildman–Crippen LogP) is 0.590. The van der Waals surface area contributed by atoms with Crippen LogP contribution in [0.15, 0.2) is 6.07 Å². The molecule has 0 unspecified atom stereocenters. The number of nitrogens with one attached hydrogen (secondary N) is 1. The van der Waals surface area contributed by atoms with Crippen LogP contribution in [-0.4, -0.2) is 44.0 Å². The molecule has 0 saturated heterocycles. The van der Waals surface area contributed by atoms with Crippen LogP contribution >= 0.6 is 0 Å². The molecule has 2 atom stereocenters. The Balaban J connectivity index is 2.99. The normalized spacial score (nSPS) is 14.1. The monoisotopic (exact) mass is 283 g/mol. The van der Waals surface area contributed by atoms with Gasteiger partial charge in [-0.2, -0.15) is 5.10 Å². The second kappa shape index (κ2) is 6.51. The highest BCUT2D eigenvalue weighted by molar-refractivity contribution is 5.95. The fourth-order valence-electron chi connectivity index (χ4n) is 1.75. The smallest absolute Gasteiger partial charge is 0.328 e. The number of carboxylic acids is 1. The van der Waals surface area contributed by atoms with Gasteiger partial charge in [0.2, 0.25) is 0 Å². The third kappa shape index (κ3) is 3.57. The first-order chi connectivity index (χ1) is 9.27. The number of aliphatic carboxylic acids is 1. The van der Waals surface area contributed by atoms with Gasteiger partial charge in [-0.05, 0) is 25.8 Å². The van der Waals surface area contributed by atoms with Crippen molar-refractivity contribution in [1.29, 1.82) is 0 Å². The average Bonchev–Trinajstić information content (AvgIpc) is 2.79. The zero-order valence-corrected chi connectivity index (χ0v) is 12.1. The minimum atomic E-state index is -1.34. The van der Waals surface area contributed by atoms with E-state index in [1.165, 1.54) is 11.6 Å². The minimum absolute atomic E-state index is 0.168. The molecule has 20 heavy (non-hydrogen) atoms. The van der Waals surface area contributed by atoms with Crippen LogP contribution in [0.1, 0.15) is 49.8 Å². The van der Waals surface area contributed by atoms with Gasteiger partial charge in [-0.25, -0.2) is 4.79 Å². The van der Waals surface area contributed by atoms with Crippen LogP contribution in [0.2, 0.25) is 0 Å². The second-order valence-corrected chi connectivity index (χ2v) is 4.95. The fraction of sp³-hybridized carbons (Fsp3) is 0.615. The van der Waals surface area contributed by atoms with Crippen LogP contribution in [0, 0.1) is 0 Å². The SMILES string of the molecule is CCn1nc(C(C)C)cc1C(=O)N[C@H](C(=O)O)[C@@H](C)O. The Morgan fingerprint density at radius 1 is 1.40 bits per heavy atom. The lowest BCUT2D eigenvalue weighted by Crippen LogP contribution is -2.48. The number of rotatable bonds is 6. The average molecular weight is 283 g/mol. The Morgan fingerprint density at radius 2 is 2.00 bits per heavy atom. The summed E-state index contributed by atoms with van der Waals surface area (Å²) in [5, 5.41) is 24.9. The van der Waals surface area contributed by atoms with Crippen LogP contribution < -0.4 is 5.32 Å². The van der Waals surface area contributed by atoms with Crippen molar-refractivity contribution < 1.29 is 19.8 Å². The zero-order valence-electron chi connectivity index (χ0n) is 12.1. The number of aromatic nitrogens is 2. The topological polar surface area (TPSA) is 104 Å². The van der Waals surface area contributed by atoms with Crippen LogP contribution in [0.5, 0.6) is 0 Å².